The summed E-state index contributed by atoms with van der Waals surface area (Å²) in [4.78, 5) is 29.4. The van der Waals surface area contributed by atoms with Crippen LogP contribution in [0.4, 0.5) is 10.5 Å². The van der Waals surface area contributed by atoms with E-state index in [9.17, 15) is 35.1 Å². The Morgan fingerprint density at radius 2 is 1.89 bits per heavy atom. The van der Waals surface area contributed by atoms with Crippen LogP contribution in [0.3, 0.4) is 0 Å². The van der Waals surface area contributed by atoms with E-state index in [-0.39, 0.29) is 29.3 Å². The van der Waals surface area contributed by atoms with Crippen LogP contribution >= 0.6 is 0 Å². The van der Waals surface area contributed by atoms with E-state index < -0.39 is 53.1 Å². The number of carbonyl (C=O) groups excluding carboxylic acids is 2. The second-order valence-electron chi connectivity index (χ2n) is 9.51. The number of hydrogen-bond donors (Lipinski definition) is 5. The molecular weight excluding hydrogens is 480 g/mol. The lowest BCUT2D eigenvalue weighted by Crippen LogP contribution is -2.57. The lowest BCUT2D eigenvalue weighted by atomic mass is 10.1. The maximum atomic E-state index is 13.5. The summed E-state index contributed by atoms with van der Waals surface area (Å²) >= 11 is 0. The third kappa shape index (κ3) is 4.20. The maximum absolute atomic E-state index is 13.5. The molecule has 1 aromatic carbocycles. The standard InChI is InChI=1S/C23H28N2O11/c1-22(2,3)36-21(31)25-13-9-14(26)16(33-4)8-11(13)19(30)24-7-5-6-12(24)20(25)35-23(32)18(29)17(28)15(27)10-34-23/h8-10,12,20,26-29,32H,5-7H2,1-4H3/t12-,20-,23?/m0/s1. The van der Waals surface area contributed by atoms with Crippen molar-refractivity contribution in [2.45, 2.75) is 57.5 Å². The van der Waals surface area contributed by atoms with Crippen molar-refractivity contribution >= 4 is 17.7 Å². The van der Waals surface area contributed by atoms with Gasteiger partial charge in [0.05, 0.1) is 24.4 Å². The second kappa shape index (κ2) is 8.68. The fraction of sp³-hybridized carbons (Fsp3) is 0.478. The van der Waals surface area contributed by atoms with Crippen molar-refractivity contribution in [3.63, 3.8) is 0 Å². The number of aliphatic hydroxyl groups is 4. The van der Waals surface area contributed by atoms with Gasteiger partial charge in [-0.25, -0.2) is 9.69 Å². The van der Waals surface area contributed by atoms with Gasteiger partial charge < -0.3 is 44.6 Å². The SMILES string of the molecule is COc1cc2c(cc1O)N(C(=O)OC(C)(C)C)[C@@H](OC1(O)OC=C(O)C(O)=C1O)[C@@H]1CCCN1C2=O. The normalized spacial score (nSPS) is 26.0. The van der Waals surface area contributed by atoms with Crippen molar-refractivity contribution in [1.82, 2.24) is 4.90 Å². The van der Waals surface area contributed by atoms with Gasteiger partial charge >= 0.3 is 12.1 Å². The highest BCUT2D eigenvalue weighted by Gasteiger charge is 2.53. The molecule has 2 amide bonds. The molecule has 0 saturated carbocycles. The largest absolute Gasteiger partial charge is 0.504 e. The fourth-order valence-corrected chi connectivity index (χ4v) is 4.31. The van der Waals surface area contributed by atoms with Gasteiger partial charge in [0.1, 0.15) is 11.9 Å². The Kier molecular flexibility index (Phi) is 6.09. The third-order valence-corrected chi connectivity index (χ3v) is 5.90. The molecule has 5 N–H and O–H groups in total. The molecule has 4 rings (SSSR count). The molecule has 1 saturated heterocycles. The van der Waals surface area contributed by atoms with Gasteiger partial charge in [-0.15, -0.1) is 0 Å². The lowest BCUT2D eigenvalue weighted by Gasteiger charge is -2.40. The van der Waals surface area contributed by atoms with Gasteiger partial charge in [0.25, 0.3) is 5.91 Å². The Labute approximate surface area is 206 Å². The summed E-state index contributed by atoms with van der Waals surface area (Å²) in [5.74, 6) is -7.20. The van der Waals surface area contributed by atoms with Crippen LogP contribution in [0.2, 0.25) is 0 Å². The molecule has 0 aliphatic carbocycles. The highest BCUT2D eigenvalue weighted by molar-refractivity contribution is 6.06. The molecule has 3 heterocycles. The first kappa shape index (κ1) is 25.3. The molecule has 0 bridgehead atoms. The van der Waals surface area contributed by atoms with Crippen LogP contribution < -0.4 is 9.64 Å². The zero-order valence-corrected chi connectivity index (χ0v) is 20.1. The molecule has 0 spiro atoms. The number of aliphatic hydroxyl groups excluding tert-OH is 3. The van der Waals surface area contributed by atoms with Gasteiger partial charge in [0.2, 0.25) is 11.5 Å². The molecule has 1 aromatic rings. The molecular formula is C23H28N2O11. The molecule has 3 aliphatic rings. The predicted molar refractivity (Wildman–Crippen MR) is 121 cm³/mol. The number of hydrogen-bond acceptors (Lipinski definition) is 11. The first-order chi connectivity index (χ1) is 16.8. The molecule has 3 aliphatic heterocycles. The quantitative estimate of drug-likeness (QED) is 0.379. The van der Waals surface area contributed by atoms with Gasteiger partial charge in [0.15, 0.2) is 23.5 Å². The predicted octanol–water partition coefficient (Wildman–Crippen LogP) is 2.51. The van der Waals surface area contributed by atoms with Crippen LogP contribution in [0.25, 0.3) is 0 Å². The molecule has 196 valence electrons. The van der Waals surface area contributed by atoms with Crippen molar-refractivity contribution in [3.05, 3.63) is 41.2 Å². The average Bonchev–Trinajstić information content (AvgIpc) is 3.25. The van der Waals surface area contributed by atoms with Crippen molar-refractivity contribution in [2.75, 3.05) is 18.6 Å². The van der Waals surface area contributed by atoms with E-state index in [1.165, 1.54) is 18.1 Å². The fourth-order valence-electron chi connectivity index (χ4n) is 4.31. The molecule has 3 atom stereocenters. The Morgan fingerprint density at radius 1 is 1.19 bits per heavy atom. The average molecular weight is 508 g/mol. The Bertz CT molecular complexity index is 1160. The van der Waals surface area contributed by atoms with Gasteiger partial charge in [-0.3, -0.25) is 9.53 Å². The topological polar surface area (TPSA) is 179 Å². The number of rotatable bonds is 3. The highest BCUT2D eigenvalue weighted by Crippen LogP contribution is 2.43. The van der Waals surface area contributed by atoms with E-state index in [4.69, 9.17) is 18.9 Å². The molecule has 36 heavy (non-hydrogen) atoms. The monoisotopic (exact) mass is 508 g/mol. The maximum Gasteiger partial charge on any atom is 0.417 e. The van der Waals surface area contributed by atoms with Gasteiger partial charge in [0, 0.05) is 12.6 Å². The summed E-state index contributed by atoms with van der Waals surface area (Å²) in [5, 5.41) is 51.3. The minimum atomic E-state index is -3.04. The molecule has 1 fully saturated rings. The van der Waals surface area contributed by atoms with E-state index in [0.717, 1.165) is 11.0 Å². The Morgan fingerprint density at radius 3 is 2.53 bits per heavy atom. The van der Waals surface area contributed by atoms with E-state index >= 15 is 0 Å². The molecule has 0 aromatic heterocycles. The number of ether oxygens (including phenoxy) is 4. The summed E-state index contributed by atoms with van der Waals surface area (Å²) in [6.45, 7) is 5.14. The Hall–Kier alpha value is -3.84. The van der Waals surface area contributed by atoms with E-state index in [0.29, 0.717) is 19.1 Å². The molecule has 1 unspecified atom stereocenters. The first-order valence-corrected chi connectivity index (χ1v) is 11.1. The van der Waals surface area contributed by atoms with E-state index in [2.05, 4.69) is 0 Å². The summed E-state index contributed by atoms with van der Waals surface area (Å²) < 4.78 is 21.4. The number of carbonyl (C=O) groups is 2. The first-order valence-electron chi connectivity index (χ1n) is 11.1. The summed E-state index contributed by atoms with van der Waals surface area (Å²) in [6.07, 6.45) is -1.15. The van der Waals surface area contributed by atoms with Crippen LogP contribution in [-0.4, -0.2) is 79.9 Å². The zero-order valence-electron chi connectivity index (χ0n) is 20.1. The van der Waals surface area contributed by atoms with Crippen LogP contribution in [-0.2, 0) is 14.2 Å². The third-order valence-electron chi connectivity index (χ3n) is 5.90. The van der Waals surface area contributed by atoms with Crippen molar-refractivity contribution < 1.29 is 54.1 Å². The molecule has 13 nitrogen and oxygen atoms in total. The summed E-state index contributed by atoms with van der Waals surface area (Å²) in [7, 11) is 1.30. The number of nitrogens with zero attached hydrogens (tertiary/aromatic N) is 2. The van der Waals surface area contributed by atoms with Crippen LogP contribution in [0, 0.1) is 0 Å². The number of phenolic OH excluding ortho intramolecular Hbond substituents is 1. The summed E-state index contributed by atoms with van der Waals surface area (Å²) in [5.41, 5.74) is -1.11. The number of methoxy groups -OCH3 is 1. The van der Waals surface area contributed by atoms with Crippen molar-refractivity contribution in [2.24, 2.45) is 0 Å². The Balaban J connectivity index is 1.91. The number of aromatic hydroxyl groups is 1. The number of phenols is 1. The van der Waals surface area contributed by atoms with Crippen molar-refractivity contribution in [1.29, 1.82) is 0 Å². The summed E-state index contributed by atoms with van der Waals surface area (Å²) in [6, 6.07) is 1.53. The zero-order chi connectivity index (χ0) is 26.6. The van der Waals surface area contributed by atoms with E-state index in [1.807, 2.05) is 0 Å². The number of anilines is 1. The van der Waals surface area contributed by atoms with Gasteiger partial charge in [-0.05, 0) is 39.7 Å². The molecule has 13 heteroatoms. The molecule has 0 radical (unpaired) electrons. The highest BCUT2D eigenvalue weighted by atomic mass is 16.8. The smallest absolute Gasteiger partial charge is 0.417 e. The van der Waals surface area contributed by atoms with Crippen LogP contribution in [0.15, 0.2) is 35.7 Å². The van der Waals surface area contributed by atoms with E-state index in [1.54, 1.807) is 20.8 Å². The second-order valence-corrected chi connectivity index (χ2v) is 9.51. The van der Waals surface area contributed by atoms with Crippen molar-refractivity contribution in [3.8, 4) is 11.5 Å². The number of amides is 2. The van der Waals surface area contributed by atoms with Gasteiger partial charge in [-0.2, -0.15) is 0 Å². The number of benzene rings is 1. The lowest BCUT2D eigenvalue weighted by molar-refractivity contribution is -0.351. The van der Waals surface area contributed by atoms with Crippen LogP contribution in [0.5, 0.6) is 11.5 Å². The van der Waals surface area contributed by atoms with Gasteiger partial charge in [-0.1, -0.05) is 0 Å². The minimum Gasteiger partial charge on any atom is -0.504 e. The number of fused-ring (bicyclic) bond motifs is 2. The minimum absolute atomic E-state index is 0.00906. The van der Waals surface area contributed by atoms with Crippen LogP contribution in [0.1, 0.15) is 44.0 Å².